The van der Waals surface area contributed by atoms with E-state index in [4.69, 9.17) is 4.74 Å². The number of rotatable bonds is 4. The molecule has 0 bridgehead atoms. The lowest BCUT2D eigenvalue weighted by atomic mass is 9.96. The lowest BCUT2D eigenvalue weighted by Crippen LogP contribution is -2.47. The summed E-state index contributed by atoms with van der Waals surface area (Å²) in [5.41, 5.74) is -0.513. The van der Waals surface area contributed by atoms with Crippen molar-refractivity contribution in [3.63, 3.8) is 0 Å². The van der Waals surface area contributed by atoms with Crippen LogP contribution in [0.25, 0.3) is 0 Å². The van der Waals surface area contributed by atoms with Gasteiger partial charge in [-0.15, -0.1) is 0 Å². The third kappa shape index (κ3) is 5.18. The van der Waals surface area contributed by atoms with Gasteiger partial charge in [-0.3, -0.25) is 9.59 Å². The van der Waals surface area contributed by atoms with Crippen LogP contribution in [-0.4, -0.2) is 58.0 Å². The SMILES string of the molecule is CC(C)(C)OC(=O)C[C@H]1CN(c2ncc(Br)cn2)C[C@@H]1N1CCCCC1=O. The van der Waals surface area contributed by atoms with Crippen LogP contribution in [0, 0.1) is 5.92 Å². The highest BCUT2D eigenvalue weighted by Gasteiger charge is 2.41. The van der Waals surface area contributed by atoms with Gasteiger partial charge < -0.3 is 14.5 Å². The van der Waals surface area contributed by atoms with Gasteiger partial charge in [0.05, 0.1) is 16.9 Å². The molecule has 3 heterocycles. The zero-order valence-electron chi connectivity index (χ0n) is 16.2. The maximum Gasteiger partial charge on any atom is 0.306 e. The zero-order valence-corrected chi connectivity index (χ0v) is 17.7. The van der Waals surface area contributed by atoms with Crippen molar-refractivity contribution in [2.24, 2.45) is 5.92 Å². The van der Waals surface area contributed by atoms with Gasteiger partial charge in [-0.2, -0.15) is 0 Å². The van der Waals surface area contributed by atoms with E-state index in [0.29, 0.717) is 31.9 Å². The first-order valence-electron chi connectivity index (χ1n) is 9.47. The van der Waals surface area contributed by atoms with Gasteiger partial charge in [0.2, 0.25) is 11.9 Å². The van der Waals surface area contributed by atoms with E-state index >= 15 is 0 Å². The number of piperidine rings is 1. The van der Waals surface area contributed by atoms with Gasteiger partial charge in [0, 0.05) is 44.4 Å². The second-order valence-corrected chi connectivity index (χ2v) is 9.18. The molecular weight excluding hydrogens is 412 g/mol. The molecule has 0 aromatic carbocycles. The van der Waals surface area contributed by atoms with E-state index in [2.05, 4.69) is 30.8 Å². The smallest absolute Gasteiger partial charge is 0.306 e. The van der Waals surface area contributed by atoms with Crippen LogP contribution in [0.4, 0.5) is 5.95 Å². The van der Waals surface area contributed by atoms with Crippen molar-refractivity contribution in [1.29, 1.82) is 0 Å². The fourth-order valence-electron chi connectivity index (χ4n) is 3.81. The molecule has 1 aromatic rings. The fraction of sp³-hybridized carbons (Fsp3) is 0.684. The molecule has 1 aromatic heterocycles. The molecule has 0 spiro atoms. The normalized spacial score (nSPS) is 23.6. The van der Waals surface area contributed by atoms with Crippen LogP contribution in [0.1, 0.15) is 46.5 Å². The molecule has 2 aliphatic rings. The summed E-state index contributed by atoms with van der Waals surface area (Å²) in [5.74, 6) is 0.591. The van der Waals surface area contributed by atoms with Gasteiger partial charge in [-0.1, -0.05) is 0 Å². The van der Waals surface area contributed by atoms with Crippen molar-refractivity contribution >= 4 is 33.8 Å². The standard InChI is InChI=1S/C19H27BrN4O3/c1-19(2,3)27-17(26)8-13-11-23(18-21-9-14(20)10-22-18)12-15(13)24-7-5-4-6-16(24)25/h9-10,13,15H,4-8,11-12H2,1-3H3/t13-,15-/m0/s1. The summed E-state index contributed by atoms with van der Waals surface area (Å²) < 4.78 is 6.34. The number of nitrogens with zero attached hydrogens (tertiary/aromatic N) is 4. The number of ether oxygens (including phenoxy) is 1. The number of anilines is 1. The molecule has 7 nitrogen and oxygen atoms in total. The molecule has 0 saturated carbocycles. The Morgan fingerprint density at radius 3 is 2.59 bits per heavy atom. The van der Waals surface area contributed by atoms with Gasteiger partial charge in [0.15, 0.2) is 0 Å². The Kier molecular flexibility index (Phi) is 6.03. The molecule has 8 heteroatoms. The third-order valence-corrected chi connectivity index (χ3v) is 5.31. The summed E-state index contributed by atoms with van der Waals surface area (Å²) in [6, 6.07) is -0.0161. The number of esters is 1. The largest absolute Gasteiger partial charge is 0.460 e. The molecule has 0 N–H and O–H groups in total. The minimum Gasteiger partial charge on any atom is -0.460 e. The highest BCUT2D eigenvalue weighted by molar-refractivity contribution is 9.10. The first kappa shape index (κ1) is 20.0. The summed E-state index contributed by atoms with van der Waals surface area (Å²) in [4.78, 5) is 37.7. The molecule has 2 atom stereocenters. The van der Waals surface area contributed by atoms with Crippen molar-refractivity contribution in [2.45, 2.75) is 58.1 Å². The Labute approximate surface area is 168 Å². The second kappa shape index (κ2) is 8.12. The highest BCUT2D eigenvalue weighted by Crippen LogP contribution is 2.30. The van der Waals surface area contributed by atoms with Gasteiger partial charge in [-0.25, -0.2) is 9.97 Å². The number of hydrogen-bond acceptors (Lipinski definition) is 6. The summed E-state index contributed by atoms with van der Waals surface area (Å²) in [6.45, 7) is 7.63. The van der Waals surface area contributed by atoms with Crippen LogP contribution in [0.5, 0.6) is 0 Å². The molecule has 148 valence electrons. The molecule has 0 radical (unpaired) electrons. The van der Waals surface area contributed by atoms with Crippen molar-refractivity contribution < 1.29 is 14.3 Å². The van der Waals surface area contributed by atoms with Crippen molar-refractivity contribution in [3.05, 3.63) is 16.9 Å². The van der Waals surface area contributed by atoms with Crippen molar-refractivity contribution in [2.75, 3.05) is 24.5 Å². The molecule has 27 heavy (non-hydrogen) atoms. The Balaban J connectivity index is 1.77. The number of likely N-dealkylation sites (tertiary alicyclic amines) is 1. The minimum atomic E-state index is -0.513. The summed E-state index contributed by atoms with van der Waals surface area (Å²) in [6.07, 6.45) is 6.26. The maximum atomic E-state index is 12.5. The van der Waals surface area contributed by atoms with Crippen molar-refractivity contribution in [3.8, 4) is 0 Å². The predicted octanol–water partition coefficient (Wildman–Crippen LogP) is 2.79. The Morgan fingerprint density at radius 1 is 1.26 bits per heavy atom. The van der Waals surface area contributed by atoms with Crippen LogP contribution in [0.15, 0.2) is 16.9 Å². The topological polar surface area (TPSA) is 75.6 Å². The first-order valence-corrected chi connectivity index (χ1v) is 10.3. The lowest BCUT2D eigenvalue weighted by molar-refractivity contribution is -0.157. The second-order valence-electron chi connectivity index (χ2n) is 8.27. The summed E-state index contributed by atoms with van der Waals surface area (Å²) in [7, 11) is 0. The molecule has 0 aliphatic carbocycles. The third-order valence-electron chi connectivity index (χ3n) is 4.91. The average Bonchev–Trinajstić information content (AvgIpc) is 2.97. The molecule has 3 rings (SSSR count). The Morgan fingerprint density at radius 2 is 1.96 bits per heavy atom. The average molecular weight is 439 g/mol. The monoisotopic (exact) mass is 438 g/mol. The number of amides is 1. The maximum absolute atomic E-state index is 12.5. The fourth-order valence-corrected chi connectivity index (χ4v) is 4.02. The zero-order chi connectivity index (χ0) is 19.6. The van der Waals surface area contributed by atoms with E-state index in [1.54, 1.807) is 12.4 Å². The molecule has 1 amide bonds. The van der Waals surface area contributed by atoms with Gasteiger partial charge in [0.25, 0.3) is 0 Å². The summed E-state index contributed by atoms with van der Waals surface area (Å²) in [5, 5.41) is 0. The number of carbonyl (C=O) groups is 2. The van der Waals surface area contributed by atoms with E-state index in [0.717, 1.165) is 23.9 Å². The molecule has 0 unspecified atom stereocenters. The van der Waals surface area contributed by atoms with E-state index < -0.39 is 5.60 Å². The molecule has 2 saturated heterocycles. The Bertz CT molecular complexity index is 689. The lowest BCUT2D eigenvalue weighted by Gasteiger charge is -2.35. The van der Waals surface area contributed by atoms with Gasteiger partial charge in [-0.05, 0) is 49.5 Å². The number of hydrogen-bond donors (Lipinski definition) is 0. The Hall–Kier alpha value is -1.70. The predicted molar refractivity (Wildman–Crippen MR) is 105 cm³/mol. The van der Waals surface area contributed by atoms with E-state index in [-0.39, 0.29) is 23.8 Å². The molecular formula is C19H27BrN4O3. The highest BCUT2D eigenvalue weighted by atomic mass is 79.9. The quantitative estimate of drug-likeness (QED) is 0.672. The van der Waals surface area contributed by atoms with Gasteiger partial charge >= 0.3 is 5.97 Å². The van der Waals surface area contributed by atoms with Crippen LogP contribution in [-0.2, 0) is 14.3 Å². The van der Waals surface area contributed by atoms with Crippen molar-refractivity contribution in [1.82, 2.24) is 14.9 Å². The van der Waals surface area contributed by atoms with E-state index in [9.17, 15) is 9.59 Å². The van der Waals surface area contributed by atoms with Crippen LogP contribution >= 0.6 is 15.9 Å². The first-order chi connectivity index (χ1) is 12.7. The van der Waals surface area contributed by atoms with Crippen LogP contribution in [0.3, 0.4) is 0 Å². The number of halogens is 1. The number of carbonyl (C=O) groups excluding carboxylic acids is 2. The van der Waals surface area contributed by atoms with Gasteiger partial charge in [0.1, 0.15) is 5.60 Å². The number of aromatic nitrogens is 2. The van der Waals surface area contributed by atoms with Crippen LogP contribution < -0.4 is 4.90 Å². The van der Waals surface area contributed by atoms with E-state index in [1.807, 2.05) is 25.7 Å². The van der Waals surface area contributed by atoms with E-state index in [1.165, 1.54) is 0 Å². The minimum absolute atomic E-state index is 0.00847. The molecule has 2 fully saturated rings. The van der Waals surface area contributed by atoms with Crippen LogP contribution in [0.2, 0.25) is 0 Å². The molecule has 2 aliphatic heterocycles. The summed E-state index contributed by atoms with van der Waals surface area (Å²) >= 11 is 3.35.